The summed E-state index contributed by atoms with van der Waals surface area (Å²) in [5, 5.41) is 10.1. The zero-order chi connectivity index (χ0) is 41.0. The van der Waals surface area contributed by atoms with Crippen molar-refractivity contribution in [2.75, 3.05) is 4.90 Å². The maximum absolute atomic E-state index is 2.39. The summed E-state index contributed by atoms with van der Waals surface area (Å²) in [6, 6.07) is 88.5. The van der Waals surface area contributed by atoms with E-state index in [1.165, 1.54) is 87.5 Å². The van der Waals surface area contributed by atoms with E-state index in [1.54, 1.807) is 0 Å². The van der Waals surface area contributed by atoms with Crippen LogP contribution >= 0.6 is 0 Å². The molecule has 62 heavy (non-hydrogen) atoms. The summed E-state index contributed by atoms with van der Waals surface area (Å²) < 4.78 is 2.39. The van der Waals surface area contributed by atoms with Crippen LogP contribution in [-0.2, 0) is 0 Å². The van der Waals surface area contributed by atoms with Gasteiger partial charge in [-0.05, 0) is 132 Å². The van der Waals surface area contributed by atoms with E-state index in [9.17, 15) is 0 Å². The molecule has 0 N–H and O–H groups in total. The maximum atomic E-state index is 2.39. The Hall–Kier alpha value is -8.20. The molecule has 0 saturated carbocycles. The van der Waals surface area contributed by atoms with Crippen molar-refractivity contribution in [1.29, 1.82) is 0 Å². The lowest BCUT2D eigenvalue weighted by atomic mass is 9.93. The van der Waals surface area contributed by atoms with Crippen LogP contribution in [0.5, 0.6) is 0 Å². The van der Waals surface area contributed by atoms with Gasteiger partial charge in [0.2, 0.25) is 0 Å². The SMILES string of the molecule is c1cc(-c2cc3ccccc3c3ccccc23)cc(N(c2ccc(-c3cccc(-n4c5ccccc5c5ccccc54)c3)cc2)c2ccc(-c3cccc4ccccc34)cc2)c1. The zero-order valence-corrected chi connectivity index (χ0v) is 34.0. The molecule has 290 valence electrons. The molecule has 12 aromatic rings. The van der Waals surface area contributed by atoms with E-state index in [4.69, 9.17) is 0 Å². The molecule has 0 aliphatic carbocycles. The molecule has 0 amide bonds. The molecular weight excluding hydrogens is 749 g/mol. The third-order valence-corrected chi connectivity index (χ3v) is 12.6. The van der Waals surface area contributed by atoms with Crippen LogP contribution in [0, 0.1) is 0 Å². The summed E-state index contributed by atoms with van der Waals surface area (Å²) in [5.41, 5.74) is 14.0. The van der Waals surface area contributed by atoms with Crippen molar-refractivity contribution in [2.24, 2.45) is 0 Å². The van der Waals surface area contributed by atoms with Crippen LogP contribution in [0.25, 0.3) is 93.2 Å². The average Bonchev–Trinajstić information content (AvgIpc) is 3.69. The maximum Gasteiger partial charge on any atom is 0.0541 e. The Morgan fingerprint density at radius 1 is 0.258 bits per heavy atom. The third-order valence-electron chi connectivity index (χ3n) is 12.6. The number of anilines is 3. The fraction of sp³-hybridized carbons (Fsp3) is 0. The first-order chi connectivity index (χ1) is 30.7. The first kappa shape index (κ1) is 35.7. The van der Waals surface area contributed by atoms with Crippen molar-refractivity contribution < 1.29 is 0 Å². The lowest BCUT2D eigenvalue weighted by molar-refractivity contribution is 1.18. The van der Waals surface area contributed by atoms with Crippen LogP contribution in [-0.4, -0.2) is 4.57 Å². The molecule has 1 heterocycles. The van der Waals surface area contributed by atoms with E-state index < -0.39 is 0 Å². The third kappa shape index (κ3) is 6.04. The molecule has 0 aliphatic rings. The van der Waals surface area contributed by atoms with Crippen molar-refractivity contribution in [3.8, 4) is 39.1 Å². The van der Waals surface area contributed by atoms with Crippen molar-refractivity contribution in [1.82, 2.24) is 4.57 Å². The molecule has 0 atom stereocenters. The lowest BCUT2D eigenvalue weighted by Crippen LogP contribution is -2.10. The van der Waals surface area contributed by atoms with Gasteiger partial charge in [0.15, 0.2) is 0 Å². The summed E-state index contributed by atoms with van der Waals surface area (Å²) in [6.45, 7) is 0. The minimum atomic E-state index is 1.09. The highest BCUT2D eigenvalue weighted by Crippen LogP contribution is 2.42. The first-order valence-electron chi connectivity index (χ1n) is 21.3. The van der Waals surface area contributed by atoms with E-state index in [1.807, 2.05) is 0 Å². The van der Waals surface area contributed by atoms with Crippen LogP contribution in [0.2, 0.25) is 0 Å². The van der Waals surface area contributed by atoms with Crippen LogP contribution in [0.1, 0.15) is 0 Å². The van der Waals surface area contributed by atoms with Crippen LogP contribution < -0.4 is 4.90 Å². The minimum Gasteiger partial charge on any atom is -0.310 e. The standard InChI is InChI=1S/C60H40N2/c1-3-21-51-42(14-1)16-13-27-52(51)43-32-36-48(37-33-43)61(49-19-12-18-45(39-49)58-40-46-15-2-4-22-53(46)54-23-5-6-24-55(54)58)47-34-30-41(31-35-47)44-17-11-20-50(38-44)62-59-28-9-7-25-56(59)57-26-8-10-29-60(57)62/h1-40H. The number of nitrogens with zero attached hydrogens (tertiary/aromatic N) is 2. The molecule has 0 bridgehead atoms. The van der Waals surface area contributed by atoms with E-state index in [0.717, 1.165) is 22.7 Å². The highest BCUT2D eigenvalue weighted by atomic mass is 15.1. The number of fused-ring (bicyclic) bond motifs is 7. The predicted octanol–water partition coefficient (Wildman–Crippen LogP) is 16.7. The fourth-order valence-electron chi connectivity index (χ4n) is 9.65. The van der Waals surface area contributed by atoms with Crippen molar-refractivity contribution >= 4 is 71.2 Å². The Morgan fingerprint density at radius 2 is 0.790 bits per heavy atom. The quantitative estimate of drug-likeness (QED) is 0.146. The molecule has 2 heteroatoms. The Bertz CT molecular complexity index is 3570. The monoisotopic (exact) mass is 788 g/mol. The molecule has 0 aliphatic heterocycles. The van der Waals surface area contributed by atoms with E-state index in [2.05, 4.69) is 252 Å². The number of hydrogen-bond acceptors (Lipinski definition) is 1. The second kappa shape index (κ2) is 14.8. The van der Waals surface area contributed by atoms with Crippen molar-refractivity contribution in [2.45, 2.75) is 0 Å². The Kier molecular flexibility index (Phi) is 8.53. The minimum absolute atomic E-state index is 1.09. The molecule has 1 aromatic heterocycles. The topological polar surface area (TPSA) is 8.17 Å². The summed E-state index contributed by atoms with van der Waals surface area (Å²) in [4.78, 5) is 2.39. The molecule has 0 spiro atoms. The summed E-state index contributed by atoms with van der Waals surface area (Å²) in [5.74, 6) is 0. The van der Waals surface area contributed by atoms with Gasteiger partial charge in [0.1, 0.15) is 0 Å². The molecular formula is C60H40N2. The fourth-order valence-corrected chi connectivity index (χ4v) is 9.65. The summed E-state index contributed by atoms with van der Waals surface area (Å²) >= 11 is 0. The van der Waals surface area contributed by atoms with E-state index in [0.29, 0.717) is 0 Å². The van der Waals surface area contributed by atoms with E-state index in [-0.39, 0.29) is 0 Å². The van der Waals surface area contributed by atoms with Gasteiger partial charge in [-0.2, -0.15) is 0 Å². The Labute approximate surface area is 360 Å². The van der Waals surface area contributed by atoms with Crippen molar-refractivity contribution in [3.05, 3.63) is 243 Å². The molecule has 12 rings (SSSR count). The van der Waals surface area contributed by atoms with Crippen molar-refractivity contribution in [3.63, 3.8) is 0 Å². The number of hydrogen-bond donors (Lipinski definition) is 0. The molecule has 0 radical (unpaired) electrons. The van der Waals surface area contributed by atoms with Gasteiger partial charge in [0, 0.05) is 33.5 Å². The highest BCUT2D eigenvalue weighted by molar-refractivity contribution is 6.14. The lowest BCUT2D eigenvalue weighted by Gasteiger charge is -2.27. The summed E-state index contributed by atoms with van der Waals surface area (Å²) in [7, 11) is 0. The van der Waals surface area contributed by atoms with E-state index >= 15 is 0 Å². The van der Waals surface area contributed by atoms with Gasteiger partial charge in [-0.25, -0.2) is 0 Å². The van der Waals surface area contributed by atoms with Gasteiger partial charge in [-0.1, -0.05) is 176 Å². The molecule has 2 nitrogen and oxygen atoms in total. The second-order valence-electron chi connectivity index (χ2n) is 16.1. The van der Waals surface area contributed by atoms with Gasteiger partial charge in [-0.3, -0.25) is 0 Å². The van der Waals surface area contributed by atoms with Gasteiger partial charge in [-0.15, -0.1) is 0 Å². The normalized spacial score (nSPS) is 11.5. The molecule has 0 fully saturated rings. The molecule has 0 unspecified atom stereocenters. The van der Waals surface area contributed by atoms with Gasteiger partial charge in [0.05, 0.1) is 11.0 Å². The first-order valence-corrected chi connectivity index (χ1v) is 21.3. The molecule has 11 aromatic carbocycles. The molecule has 0 saturated heterocycles. The number of para-hydroxylation sites is 2. The van der Waals surface area contributed by atoms with Gasteiger partial charge >= 0.3 is 0 Å². The Balaban J connectivity index is 0.970. The number of aromatic nitrogens is 1. The van der Waals surface area contributed by atoms with Crippen LogP contribution in [0.15, 0.2) is 243 Å². The highest BCUT2D eigenvalue weighted by Gasteiger charge is 2.17. The number of rotatable bonds is 7. The average molecular weight is 789 g/mol. The smallest absolute Gasteiger partial charge is 0.0541 e. The van der Waals surface area contributed by atoms with Crippen LogP contribution in [0.3, 0.4) is 0 Å². The van der Waals surface area contributed by atoms with Gasteiger partial charge < -0.3 is 9.47 Å². The summed E-state index contributed by atoms with van der Waals surface area (Å²) in [6.07, 6.45) is 0. The largest absolute Gasteiger partial charge is 0.310 e. The second-order valence-corrected chi connectivity index (χ2v) is 16.1. The predicted molar refractivity (Wildman–Crippen MR) is 264 cm³/mol. The van der Waals surface area contributed by atoms with Gasteiger partial charge in [0.25, 0.3) is 0 Å². The van der Waals surface area contributed by atoms with Crippen LogP contribution in [0.4, 0.5) is 17.1 Å². The Morgan fingerprint density at radius 3 is 1.52 bits per heavy atom. The zero-order valence-electron chi connectivity index (χ0n) is 34.0. The number of benzene rings is 11.